The number of hydrogen-bond donors (Lipinski definition) is 1. The van der Waals surface area contributed by atoms with Gasteiger partial charge in [0, 0.05) is 18.6 Å². The molecule has 0 radical (unpaired) electrons. The van der Waals surface area contributed by atoms with Gasteiger partial charge in [-0.25, -0.2) is 0 Å². The fourth-order valence-electron chi connectivity index (χ4n) is 3.45. The van der Waals surface area contributed by atoms with Crippen molar-refractivity contribution in [1.29, 1.82) is 0 Å². The molecule has 2 nitrogen and oxygen atoms in total. The summed E-state index contributed by atoms with van der Waals surface area (Å²) in [5.41, 5.74) is 0. The Balaban J connectivity index is 1.78. The minimum atomic E-state index is 0.764. The lowest BCUT2D eigenvalue weighted by molar-refractivity contribution is 0.0939. The van der Waals surface area contributed by atoms with Gasteiger partial charge in [-0.1, -0.05) is 33.6 Å². The maximum absolute atomic E-state index is 3.72. The molecule has 3 atom stereocenters. The highest BCUT2D eigenvalue weighted by Gasteiger charge is 2.32. The smallest absolute Gasteiger partial charge is 0.0117 e. The fourth-order valence-corrected chi connectivity index (χ4v) is 3.45. The number of piperidine rings is 1. The van der Waals surface area contributed by atoms with Gasteiger partial charge in [0.2, 0.25) is 0 Å². The van der Waals surface area contributed by atoms with Crippen LogP contribution in [0.25, 0.3) is 0 Å². The average Bonchev–Trinajstić information content (AvgIpc) is 3.18. The molecule has 18 heavy (non-hydrogen) atoms. The van der Waals surface area contributed by atoms with Crippen molar-refractivity contribution >= 4 is 0 Å². The van der Waals surface area contributed by atoms with Crippen molar-refractivity contribution < 1.29 is 0 Å². The Morgan fingerprint density at radius 3 is 2.56 bits per heavy atom. The van der Waals surface area contributed by atoms with E-state index >= 15 is 0 Å². The van der Waals surface area contributed by atoms with Crippen LogP contribution >= 0.6 is 0 Å². The van der Waals surface area contributed by atoms with Crippen LogP contribution in [0, 0.1) is 11.8 Å². The largest absolute Gasteiger partial charge is 0.314 e. The van der Waals surface area contributed by atoms with Gasteiger partial charge in [-0.15, -0.1) is 0 Å². The van der Waals surface area contributed by atoms with Crippen LogP contribution in [0.4, 0.5) is 0 Å². The second kappa shape index (κ2) is 6.91. The molecule has 1 saturated carbocycles. The molecule has 2 fully saturated rings. The second-order valence-corrected chi connectivity index (χ2v) is 6.56. The third kappa shape index (κ3) is 3.96. The molecule has 0 aromatic rings. The fraction of sp³-hybridized carbons (Fsp3) is 1.00. The first kappa shape index (κ1) is 14.3. The molecule has 0 bridgehead atoms. The molecule has 0 aromatic carbocycles. The summed E-state index contributed by atoms with van der Waals surface area (Å²) < 4.78 is 0. The molecular weight excluding hydrogens is 220 g/mol. The van der Waals surface area contributed by atoms with Gasteiger partial charge in [-0.05, 0) is 50.6 Å². The molecule has 1 heterocycles. The monoisotopic (exact) mass is 252 g/mol. The first-order chi connectivity index (χ1) is 8.74. The molecular formula is C16H32N2. The van der Waals surface area contributed by atoms with E-state index in [1.165, 1.54) is 58.2 Å². The van der Waals surface area contributed by atoms with Crippen molar-refractivity contribution in [3.8, 4) is 0 Å². The molecule has 0 spiro atoms. The van der Waals surface area contributed by atoms with Gasteiger partial charge < -0.3 is 10.2 Å². The lowest BCUT2D eigenvalue weighted by Crippen LogP contribution is -2.51. The maximum atomic E-state index is 3.72. The van der Waals surface area contributed by atoms with Crippen LogP contribution in [0.1, 0.15) is 59.3 Å². The van der Waals surface area contributed by atoms with Crippen LogP contribution in [0.15, 0.2) is 0 Å². The number of nitrogens with one attached hydrogen (secondary N) is 1. The van der Waals surface area contributed by atoms with E-state index in [9.17, 15) is 0 Å². The standard InChI is InChI=1S/C16H32N2/c1-4-9-17-16-8-10-18(12-13(16)3)15(5-2)11-14-6-7-14/h13-17H,4-12H2,1-3H3. The third-order valence-corrected chi connectivity index (χ3v) is 4.88. The predicted octanol–water partition coefficient (Wildman–Crippen LogP) is 3.28. The Morgan fingerprint density at radius 2 is 2.00 bits per heavy atom. The summed E-state index contributed by atoms with van der Waals surface area (Å²) in [6.45, 7) is 10.9. The van der Waals surface area contributed by atoms with Crippen molar-refractivity contribution in [2.45, 2.75) is 71.4 Å². The summed E-state index contributed by atoms with van der Waals surface area (Å²) in [6, 6.07) is 1.63. The van der Waals surface area contributed by atoms with E-state index in [-0.39, 0.29) is 0 Å². The van der Waals surface area contributed by atoms with E-state index in [2.05, 4.69) is 31.0 Å². The van der Waals surface area contributed by atoms with E-state index in [1.54, 1.807) is 0 Å². The van der Waals surface area contributed by atoms with Crippen LogP contribution in [0.3, 0.4) is 0 Å². The maximum Gasteiger partial charge on any atom is 0.0117 e. The number of rotatable bonds is 7. The van der Waals surface area contributed by atoms with Gasteiger partial charge in [-0.3, -0.25) is 0 Å². The summed E-state index contributed by atoms with van der Waals surface area (Å²) in [5, 5.41) is 3.72. The minimum Gasteiger partial charge on any atom is -0.314 e. The van der Waals surface area contributed by atoms with E-state index in [4.69, 9.17) is 0 Å². The lowest BCUT2D eigenvalue weighted by atomic mass is 9.91. The average molecular weight is 252 g/mol. The minimum absolute atomic E-state index is 0.764. The zero-order valence-corrected chi connectivity index (χ0v) is 12.6. The van der Waals surface area contributed by atoms with Gasteiger partial charge >= 0.3 is 0 Å². The Morgan fingerprint density at radius 1 is 1.22 bits per heavy atom. The molecule has 1 aliphatic carbocycles. The normalized spacial score (nSPS) is 31.5. The van der Waals surface area contributed by atoms with Gasteiger partial charge in [0.1, 0.15) is 0 Å². The van der Waals surface area contributed by atoms with Gasteiger partial charge in [-0.2, -0.15) is 0 Å². The summed E-state index contributed by atoms with van der Waals surface area (Å²) in [6.07, 6.45) is 8.42. The van der Waals surface area contributed by atoms with Crippen molar-refractivity contribution in [3.63, 3.8) is 0 Å². The molecule has 2 aliphatic rings. The molecule has 2 rings (SSSR count). The summed E-state index contributed by atoms with van der Waals surface area (Å²) in [7, 11) is 0. The first-order valence-electron chi connectivity index (χ1n) is 8.22. The molecule has 106 valence electrons. The molecule has 0 aromatic heterocycles. The van der Waals surface area contributed by atoms with Crippen LogP contribution in [0.2, 0.25) is 0 Å². The molecule has 0 amide bonds. The van der Waals surface area contributed by atoms with Crippen molar-refractivity contribution in [2.24, 2.45) is 11.8 Å². The number of nitrogens with zero attached hydrogens (tertiary/aromatic N) is 1. The van der Waals surface area contributed by atoms with Crippen molar-refractivity contribution in [1.82, 2.24) is 10.2 Å². The van der Waals surface area contributed by atoms with E-state index in [0.29, 0.717) is 0 Å². The van der Waals surface area contributed by atoms with Crippen LogP contribution in [-0.2, 0) is 0 Å². The van der Waals surface area contributed by atoms with Crippen LogP contribution in [-0.4, -0.2) is 36.6 Å². The molecule has 1 aliphatic heterocycles. The Hall–Kier alpha value is -0.0800. The Bertz CT molecular complexity index is 237. The topological polar surface area (TPSA) is 15.3 Å². The summed E-state index contributed by atoms with van der Waals surface area (Å²) in [5.74, 6) is 1.89. The Kier molecular flexibility index (Phi) is 5.50. The highest BCUT2D eigenvalue weighted by Crippen LogP contribution is 2.36. The Labute approximate surface area is 114 Å². The van der Waals surface area contributed by atoms with Gasteiger partial charge in [0.15, 0.2) is 0 Å². The van der Waals surface area contributed by atoms with Crippen molar-refractivity contribution in [2.75, 3.05) is 19.6 Å². The highest BCUT2D eigenvalue weighted by molar-refractivity contribution is 4.88. The zero-order chi connectivity index (χ0) is 13.0. The molecule has 1 saturated heterocycles. The number of likely N-dealkylation sites (tertiary alicyclic amines) is 1. The zero-order valence-electron chi connectivity index (χ0n) is 12.6. The van der Waals surface area contributed by atoms with Gasteiger partial charge in [0.25, 0.3) is 0 Å². The molecule has 1 N–H and O–H groups in total. The van der Waals surface area contributed by atoms with Crippen LogP contribution < -0.4 is 5.32 Å². The van der Waals surface area contributed by atoms with Crippen molar-refractivity contribution in [3.05, 3.63) is 0 Å². The summed E-state index contributed by atoms with van der Waals surface area (Å²) in [4.78, 5) is 2.78. The van der Waals surface area contributed by atoms with Crippen LogP contribution in [0.5, 0.6) is 0 Å². The van der Waals surface area contributed by atoms with Gasteiger partial charge in [0.05, 0.1) is 0 Å². The number of hydrogen-bond acceptors (Lipinski definition) is 2. The first-order valence-corrected chi connectivity index (χ1v) is 8.22. The highest BCUT2D eigenvalue weighted by atomic mass is 15.2. The van der Waals surface area contributed by atoms with E-state index in [0.717, 1.165) is 23.9 Å². The van der Waals surface area contributed by atoms with E-state index in [1.807, 2.05) is 0 Å². The summed E-state index contributed by atoms with van der Waals surface area (Å²) >= 11 is 0. The molecule has 2 heteroatoms. The molecule has 3 unspecified atom stereocenters. The SMILES string of the molecule is CCCNC1CCN(C(CC)CC2CC2)CC1C. The third-order valence-electron chi connectivity index (χ3n) is 4.88. The second-order valence-electron chi connectivity index (χ2n) is 6.56. The van der Waals surface area contributed by atoms with E-state index < -0.39 is 0 Å². The predicted molar refractivity (Wildman–Crippen MR) is 78.9 cm³/mol. The quantitative estimate of drug-likeness (QED) is 0.748. The lowest BCUT2D eigenvalue weighted by Gasteiger charge is -2.41.